The first kappa shape index (κ1) is 14.8. The Morgan fingerprint density at radius 3 is 2.82 bits per heavy atom. The van der Waals surface area contributed by atoms with Crippen LogP contribution in [0.25, 0.3) is 11.1 Å². The predicted molar refractivity (Wildman–Crippen MR) is 76.0 cm³/mol. The summed E-state index contributed by atoms with van der Waals surface area (Å²) in [5.41, 5.74) is -0.537. The molecule has 1 aromatic heterocycles. The molecule has 0 bridgehead atoms. The topological polar surface area (TPSA) is 121 Å². The summed E-state index contributed by atoms with van der Waals surface area (Å²) in [5, 5.41) is 9.20. The Balaban J connectivity index is 1.98. The lowest BCUT2D eigenvalue weighted by Crippen LogP contribution is -2.34. The highest BCUT2D eigenvalue weighted by Gasteiger charge is 2.44. The summed E-state index contributed by atoms with van der Waals surface area (Å²) in [6.45, 7) is 1.58. The molecule has 1 saturated heterocycles. The van der Waals surface area contributed by atoms with Gasteiger partial charge in [-0.2, -0.15) is 4.31 Å². The Kier molecular flexibility index (Phi) is 3.15. The summed E-state index contributed by atoms with van der Waals surface area (Å²) in [4.78, 5) is 24.7. The lowest BCUT2D eigenvalue weighted by Gasteiger charge is -2.20. The average molecular weight is 326 g/mol. The smallest absolute Gasteiger partial charge is 0.417 e. The molecule has 2 aromatic rings. The van der Waals surface area contributed by atoms with Crippen LogP contribution in [0.5, 0.6) is 0 Å². The summed E-state index contributed by atoms with van der Waals surface area (Å²) in [6.07, 6.45) is 0.253. The van der Waals surface area contributed by atoms with Gasteiger partial charge in [-0.3, -0.25) is 9.78 Å². The van der Waals surface area contributed by atoms with Crippen LogP contribution in [-0.4, -0.2) is 41.9 Å². The number of carbonyl (C=O) groups is 1. The normalized spacial score (nSPS) is 23.1. The molecule has 2 heterocycles. The predicted octanol–water partition coefficient (Wildman–Crippen LogP) is 0.606. The fourth-order valence-electron chi connectivity index (χ4n) is 2.53. The van der Waals surface area contributed by atoms with E-state index in [1.54, 1.807) is 0 Å². The number of benzene rings is 1. The van der Waals surface area contributed by atoms with Crippen LogP contribution in [0.3, 0.4) is 0 Å². The van der Waals surface area contributed by atoms with Gasteiger partial charge in [0.15, 0.2) is 5.58 Å². The molecule has 1 aliphatic heterocycles. The van der Waals surface area contributed by atoms with Gasteiger partial charge in [0.1, 0.15) is 0 Å². The van der Waals surface area contributed by atoms with Gasteiger partial charge < -0.3 is 9.52 Å². The Labute approximate surface area is 125 Å². The molecule has 0 saturated carbocycles. The number of sulfonamides is 1. The van der Waals surface area contributed by atoms with E-state index in [4.69, 9.17) is 4.42 Å². The van der Waals surface area contributed by atoms with Gasteiger partial charge >= 0.3 is 11.7 Å². The molecule has 1 unspecified atom stereocenters. The van der Waals surface area contributed by atoms with Gasteiger partial charge in [-0.25, -0.2) is 13.2 Å². The number of fused-ring (bicyclic) bond motifs is 1. The van der Waals surface area contributed by atoms with Crippen LogP contribution in [0.4, 0.5) is 0 Å². The minimum Gasteiger partial charge on any atom is -0.481 e. The zero-order chi connectivity index (χ0) is 16.1. The maximum absolute atomic E-state index is 12.6. The van der Waals surface area contributed by atoms with Gasteiger partial charge in [-0.15, -0.1) is 0 Å². The van der Waals surface area contributed by atoms with Crippen LogP contribution < -0.4 is 5.76 Å². The van der Waals surface area contributed by atoms with E-state index in [0.29, 0.717) is 5.52 Å². The standard InChI is InChI=1S/C13H14N2O6S/c1-13(11(16)17)4-5-15(7-13)22(19,20)8-2-3-9-10(6-8)21-12(18)14-9/h2-3,6H,4-5,7H2,1H3,(H,14,18)(H,16,17). The molecular formula is C13H14N2O6S. The van der Waals surface area contributed by atoms with Crippen LogP contribution in [0.15, 0.2) is 32.3 Å². The molecule has 0 radical (unpaired) electrons. The number of aliphatic carboxylic acids is 1. The number of rotatable bonds is 3. The SMILES string of the molecule is CC1(C(=O)O)CCN(S(=O)(=O)c2ccc3[nH]c(=O)oc3c2)C1. The van der Waals surface area contributed by atoms with Crippen LogP contribution in [-0.2, 0) is 14.8 Å². The van der Waals surface area contributed by atoms with E-state index in [-0.39, 0.29) is 30.0 Å². The minimum atomic E-state index is -3.83. The quantitative estimate of drug-likeness (QED) is 0.852. The van der Waals surface area contributed by atoms with E-state index in [1.165, 1.54) is 25.1 Å². The third-order valence-corrected chi connectivity index (χ3v) is 5.83. The summed E-state index contributed by atoms with van der Waals surface area (Å²) in [7, 11) is -3.83. The molecule has 1 atom stereocenters. The molecule has 8 nitrogen and oxygen atoms in total. The van der Waals surface area contributed by atoms with E-state index in [1.807, 2.05) is 0 Å². The average Bonchev–Trinajstić information content (AvgIpc) is 3.01. The third kappa shape index (κ3) is 2.22. The van der Waals surface area contributed by atoms with Crippen molar-refractivity contribution in [1.82, 2.24) is 9.29 Å². The highest BCUT2D eigenvalue weighted by Crippen LogP contribution is 2.34. The monoisotopic (exact) mass is 326 g/mol. The molecule has 2 N–H and O–H groups in total. The summed E-state index contributed by atoms with van der Waals surface area (Å²) in [5.74, 6) is -1.68. The number of H-pyrrole nitrogens is 1. The van der Waals surface area contributed by atoms with Crippen molar-refractivity contribution >= 4 is 27.1 Å². The Morgan fingerprint density at radius 1 is 1.45 bits per heavy atom. The molecular weight excluding hydrogens is 312 g/mol. The van der Waals surface area contributed by atoms with E-state index in [9.17, 15) is 23.1 Å². The van der Waals surface area contributed by atoms with E-state index >= 15 is 0 Å². The summed E-state index contributed by atoms with van der Waals surface area (Å²) < 4.78 is 31.2. The van der Waals surface area contributed by atoms with Crippen molar-refractivity contribution in [2.24, 2.45) is 5.41 Å². The number of hydrogen-bond acceptors (Lipinski definition) is 5. The summed E-state index contributed by atoms with van der Waals surface area (Å²) >= 11 is 0. The maximum Gasteiger partial charge on any atom is 0.417 e. The maximum atomic E-state index is 12.6. The van der Waals surface area contributed by atoms with Crippen molar-refractivity contribution in [3.05, 3.63) is 28.7 Å². The van der Waals surface area contributed by atoms with E-state index < -0.39 is 27.2 Å². The first-order chi connectivity index (χ1) is 10.2. The summed E-state index contributed by atoms with van der Waals surface area (Å²) in [6, 6.07) is 4.07. The zero-order valence-corrected chi connectivity index (χ0v) is 12.5. The van der Waals surface area contributed by atoms with Gasteiger partial charge in [0.25, 0.3) is 0 Å². The van der Waals surface area contributed by atoms with Crippen LogP contribution in [0, 0.1) is 5.41 Å². The number of hydrogen-bond donors (Lipinski definition) is 2. The first-order valence-corrected chi connectivity index (χ1v) is 8.03. The highest BCUT2D eigenvalue weighted by molar-refractivity contribution is 7.89. The van der Waals surface area contributed by atoms with E-state index in [0.717, 1.165) is 4.31 Å². The molecule has 3 rings (SSSR count). The molecule has 1 aromatic carbocycles. The van der Waals surface area contributed by atoms with Crippen LogP contribution in [0.2, 0.25) is 0 Å². The molecule has 0 spiro atoms. The molecule has 118 valence electrons. The lowest BCUT2D eigenvalue weighted by atomic mass is 9.90. The van der Waals surface area contributed by atoms with Crippen molar-refractivity contribution < 1.29 is 22.7 Å². The minimum absolute atomic E-state index is 0.0302. The molecule has 0 amide bonds. The van der Waals surface area contributed by atoms with Gasteiger partial charge in [0.05, 0.1) is 15.8 Å². The van der Waals surface area contributed by atoms with Crippen molar-refractivity contribution in [2.75, 3.05) is 13.1 Å². The number of nitrogens with one attached hydrogen (secondary N) is 1. The van der Waals surface area contributed by atoms with Gasteiger partial charge in [-0.1, -0.05) is 0 Å². The Morgan fingerprint density at radius 2 is 2.18 bits per heavy atom. The Bertz CT molecular complexity index is 912. The number of aromatic amines is 1. The van der Waals surface area contributed by atoms with Crippen molar-refractivity contribution in [3.63, 3.8) is 0 Å². The van der Waals surface area contributed by atoms with Crippen LogP contribution >= 0.6 is 0 Å². The van der Waals surface area contributed by atoms with Gasteiger partial charge in [-0.05, 0) is 25.5 Å². The zero-order valence-electron chi connectivity index (χ0n) is 11.7. The van der Waals surface area contributed by atoms with Crippen molar-refractivity contribution in [1.29, 1.82) is 0 Å². The van der Waals surface area contributed by atoms with Crippen molar-refractivity contribution in [2.45, 2.75) is 18.2 Å². The van der Waals surface area contributed by atoms with Gasteiger partial charge in [0.2, 0.25) is 10.0 Å². The molecule has 0 aliphatic carbocycles. The number of carboxylic acids is 1. The fraction of sp³-hybridized carbons (Fsp3) is 0.385. The second-order valence-corrected chi connectivity index (χ2v) is 7.56. The largest absolute Gasteiger partial charge is 0.481 e. The number of aromatic nitrogens is 1. The van der Waals surface area contributed by atoms with E-state index in [2.05, 4.69) is 4.98 Å². The molecule has 1 aliphatic rings. The number of carboxylic acid groups (broad SMARTS) is 1. The molecule has 9 heteroatoms. The van der Waals surface area contributed by atoms with Crippen molar-refractivity contribution in [3.8, 4) is 0 Å². The fourth-order valence-corrected chi connectivity index (χ4v) is 4.11. The second-order valence-electron chi connectivity index (χ2n) is 5.63. The Hall–Kier alpha value is -2.13. The van der Waals surface area contributed by atoms with Gasteiger partial charge in [0, 0.05) is 19.2 Å². The van der Waals surface area contributed by atoms with Crippen LogP contribution in [0.1, 0.15) is 13.3 Å². The lowest BCUT2D eigenvalue weighted by molar-refractivity contribution is -0.146. The third-order valence-electron chi connectivity index (χ3n) is 3.98. The number of oxazole rings is 1. The highest BCUT2D eigenvalue weighted by atomic mass is 32.2. The molecule has 22 heavy (non-hydrogen) atoms. The number of nitrogens with zero attached hydrogens (tertiary/aromatic N) is 1. The second kappa shape index (κ2) is 4.68. The first-order valence-electron chi connectivity index (χ1n) is 6.59. The molecule has 1 fully saturated rings.